The average Bonchev–Trinajstić information content (AvgIpc) is 3.16. The van der Waals surface area contributed by atoms with E-state index in [0.717, 1.165) is 6.42 Å². The monoisotopic (exact) mass is 474 g/mol. The molecule has 3 rings (SSSR count). The van der Waals surface area contributed by atoms with Crippen LogP contribution in [0, 0.1) is 6.92 Å². The zero-order chi connectivity index (χ0) is 23.1. The fourth-order valence-corrected chi connectivity index (χ4v) is 3.85. The molecule has 0 fully saturated rings. The van der Waals surface area contributed by atoms with E-state index in [0.29, 0.717) is 29.4 Å². The number of aromatic nitrogens is 1. The molecule has 32 heavy (non-hydrogen) atoms. The van der Waals surface area contributed by atoms with Gasteiger partial charge in [-0.05, 0) is 62.0 Å². The summed E-state index contributed by atoms with van der Waals surface area (Å²) in [5, 5.41) is 9.12. The van der Waals surface area contributed by atoms with E-state index in [9.17, 15) is 13.2 Å². The molecule has 0 bridgehead atoms. The number of amides is 1. The minimum atomic E-state index is -3.83. The highest BCUT2D eigenvalue weighted by Gasteiger charge is 2.17. The topological polar surface area (TPSA) is 123 Å². The number of para-hydroxylation sites is 1. The summed E-state index contributed by atoms with van der Waals surface area (Å²) < 4.78 is 37.7. The Morgan fingerprint density at radius 1 is 1.16 bits per heavy atom. The summed E-state index contributed by atoms with van der Waals surface area (Å²) in [6.07, 6.45) is 0.815. The summed E-state index contributed by atoms with van der Waals surface area (Å²) in [5.74, 6) is 0.633. The fourth-order valence-electron chi connectivity index (χ4n) is 2.65. The van der Waals surface area contributed by atoms with E-state index in [1.807, 2.05) is 6.92 Å². The molecule has 0 radical (unpaired) electrons. The van der Waals surface area contributed by atoms with E-state index in [1.165, 1.54) is 30.3 Å². The van der Waals surface area contributed by atoms with Gasteiger partial charge in [-0.25, -0.2) is 8.42 Å². The molecule has 0 aliphatic heterocycles. The first kappa shape index (κ1) is 23.2. The van der Waals surface area contributed by atoms with Gasteiger partial charge in [0.25, 0.3) is 15.9 Å². The highest BCUT2D eigenvalue weighted by Crippen LogP contribution is 2.19. The largest absolute Gasteiger partial charge is 0.493 e. The van der Waals surface area contributed by atoms with Crippen LogP contribution in [0.3, 0.4) is 0 Å². The lowest BCUT2D eigenvalue weighted by Crippen LogP contribution is -2.34. The molecule has 0 saturated carbocycles. The smallest absolute Gasteiger partial charge is 0.263 e. The molecule has 3 aromatic rings. The highest BCUT2D eigenvalue weighted by atomic mass is 32.2. The van der Waals surface area contributed by atoms with Gasteiger partial charge >= 0.3 is 0 Å². The summed E-state index contributed by atoms with van der Waals surface area (Å²) in [6.45, 7) is 4.13. The van der Waals surface area contributed by atoms with Crippen LogP contribution in [0.25, 0.3) is 0 Å². The van der Waals surface area contributed by atoms with Crippen molar-refractivity contribution in [2.75, 3.05) is 16.6 Å². The molecule has 0 aliphatic carbocycles. The van der Waals surface area contributed by atoms with Crippen molar-refractivity contribution in [3.05, 3.63) is 65.9 Å². The zero-order valence-electron chi connectivity index (χ0n) is 17.4. The quantitative estimate of drug-likeness (QED) is 0.423. The molecular weight excluding hydrogens is 452 g/mol. The number of hydrogen-bond donors (Lipinski definition) is 3. The van der Waals surface area contributed by atoms with E-state index in [1.54, 1.807) is 31.2 Å². The number of carbonyl (C=O) groups excluding carboxylic acids is 1. The molecular formula is C21H22N4O5S2. The maximum Gasteiger partial charge on any atom is 0.263 e. The van der Waals surface area contributed by atoms with Crippen molar-refractivity contribution in [3.8, 4) is 5.75 Å². The maximum atomic E-state index is 12.6. The van der Waals surface area contributed by atoms with Crippen molar-refractivity contribution in [1.82, 2.24) is 10.5 Å². The molecule has 9 nitrogen and oxygen atoms in total. The standard InChI is InChI=1S/C21H22N4O5S2/c1-3-12-29-18-7-5-4-6-17(18)20(26)23-21(31)22-15-8-10-16(11-9-15)32(27,28)25-19-13-14(2)30-24-19/h4-11,13H,3,12H2,1-2H3,(H,24,25)(H2,22,23,26,31). The van der Waals surface area contributed by atoms with Gasteiger partial charge in [0, 0.05) is 11.8 Å². The van der Waals surface area contributed by atoms with Gasteiger partial charge in [0.15, 0.2) is 10.9 Å². The first-order valence-corrected chi connectivity index (χ1v) is 11.6. The first-order chi connectivity index (χ1) is 15.3. The van der Waals surface area contributed by atoms with Gasteiger partial charge in [0.05, 0.1) is 17.1 Å². The van der Waals surface area contributed by atoms with Crippen molar-refractivity contribution in [2.24, 2.45) is 0 Å². The number of nitrogens with one attached hydrogen (secondary N) is 3. The Bertz CT molecular complexity index is 1210. The lowest BCUT2D eigenvalue weighted by molar-refractivity contribution is 0.0973. The van der Waals surface area contributed by atoms with Gasteiger partial charge in [0.2, 0.25) is 0 Å². The molecule has 0 aliphatic rings. The molecule has 0 saturated heterocycles. The van der Waals surface area contributed by atoms with Crippen LogP contribution in [-0.4, -0.2) is 31.2 Å². The molecule has 0 unspecified atom stereocenters. The van der Waals surface area contributed by atoms with Crippen LogP contribution in [0.15, 0.2) is 64.0 Å². The average molecular weight is 475 g/mol. The third-order valence-corrected chi connectivity index (χ3v) is 5.68. The number of sulfonamides is 1. The van der Waals surface area contributed by atoms with E-state index in [-0.39, 0.29) is 15.8 Å². The molecule has 3 N–H and O–H groups in total. The molecule has 11 heteroatoms. The van der Waals surface area contributed by atoms with Crippen molar-refractivity contribution in [1.29, 1.82) is 0 Å². The van der Waals surface area contributed by atoms with Gasteiger partial charge in [-0.3, -0.25) is 14.8 Å². The second-order valence-electron chi connectivity index (χ2n) is 6.71. The van der Waals surface area contributed by atoms with E-state index in [2.05, 4.69) is 20.5 Å². The summed E-state index contributed by atoms with van der Waals surface area (Å²) in [6, 6.07) is 14.2. The molecule has 1 amide bonds. The van der Waals surface area contributed by atoms with Crippen molar-refractivity contribution in [3.63, 3.8) is 0 Å². The predicted molar refractivity (Wildman–Crippen MR) is 124 cm³/mol. The summed E-state index contributed by atoms with van der Waals surface area (Å²) in [4.78, 5) is 12.6. The zero-order valence-corrected chi connectivity index (χ0v) is 19.0. The minimum Gasteiger partial charge on any atom is -0.493 e. The first-order valence-electron chi connectivity index (χ1n) is 9.69. The number of benzene rings is 2. The lowest BCUT2D eigenvalue weighted by atomic mass is 10.2. The van der Waals surface area contributed by atoms with Crippen LogP contribution in [-0.2, 0) is 10.0 Å². The minimum absolute atomic E-state index is 0.0284. The second-order valence-corrected chi connectivity index (χ2v) is 8.80. The number of hydrogen-bond acceptors (Lipinski definition) is 7. The van der Waals surface area contributed by atoms with Crippen LogP contribution >= 0.6 is 12.2 Å². The van der Waals surface area contributed by atoms with Crippen LogP contribution < -0.4 is 20.1 Å². The van der Waals surface area contributed by atoms with Crippen molar-refractivity contribution in [2.45, 2.75) is 25.2 Å². The predicted octanol–water partition coefficient (Wildman–Crippen LogP) is 3.70. The number of anilines is 2. The molecule has 1 aromatic heterocycles. The normalized spacial score (nSPS) is 10.9. The molecule has 168 valence electrons. The van der Waals surface area contributed by atoms with Gasteiger partial charge in [-0.15, -0.1) is 0 Å². The Morgan fingerprint density at radius 2 is 1.88 bits per heavy atom. The Hall–Kier alpha value is -3.44. The second kappa shape index (κ2) is 10.2. The van der Waals surface area contributed by atoms with Crippen LogP contribution in [0.4, 0.5) is 11.5 Å². The van der Waals surface area contributed by atoms with E-state index < -0.39 is 15.9 Å². The van der Waals surface area contributed by atoms with Gasteiger partial charge < -0.3 is 14.6 Å². The van der Waals surface area contributed by atoms with Crippen molar-refractivity contribution >= 4 is 44.8 Å². The van der Waals surface area contributed by atoms with Gasteiger partial charge in [-0.1, -0.05) is 24.2 Å². The number of aryl methyl sites for hydroxylation is 1. The summed E-state index contributed by atoms with van der Waals surface area (Å²) >= 11 is 5.21. The van der Waals surface area contributed by atoms with Crippen LogP contribution in [0.5, 0.6) is 5.75 Å². The van der Waals surface area contributed by atoms with Gasteiger partial charge in [0.1, 0.15) is 11.5 Å². The Balaban J connectivity index is 1.62. The Kier molecular flexibility index (Phi) is 7.44. The number of nitrogens with zero attached hydrogens (tertiary/aromatic N) is 1. The third-order valence-electron chi connectivity index (χ3n) is 4.11. The van der Waals surface area contributed by atoms with Crippen LogP contribution in [0.2, 0.25) is 0 Å². The van der Waals surface area contributed by atoms with E-state index in [4.69, 9.17) is 21.5 Å². The third kappa shape index (κ3) is 6.05. The number of thiocarbonyl (C=S) groups is 1. The Labute approximate surface area is 191 Å². The molecule has 0 atom stereocenters. The van der Waals surface area contributed by atoms with Gasteiger partial charge in [-0.2, -0.15) is 0 Å². The molecule has 0 spiro atoms. The number of ether oxygens (including phenoxy) is 1. The molecule has 1 heterocycles. The lowest BCUT2D eigenvalue weighted by Gasteiger charge is -2.13. The fraction of sp³-hybridized carbons (Fsp3) is 0.190. The number of rotatable bonds is 8. The SMILES string of the molecule is CCCOc1ccccc1C(=O)NC(=S)Nc1ccc(S(=O)(=O)Nc2cc(C)on2)cc1. The summed E-state index contributed by atoms with van der Waals surface area (Å²) in [5.41, 5.74) is 0.864. The molecule has 2 aromatic carbocycles. The van der Waals surface area contributed by atoms with Crippen molar-refractivity contribution < 1.29 is 22.5 Å². The van der Waals surface area contributed by atoms with E-state index >= 15 is 0 Å². The maximum absolute atomic E-state index is 12.6. The highest BCUT2D eigenvalue weighted by molar-refractivity contribution is 7.92. The Morgan fingerprint density at radius 3 is 2.53 bits per heavy atom. The summed E-state index contributed by atoms with van der Waals surface area (Å²) in [7, 11) is -3.83. The number of carbonyl (C=O) groups is 1. The van der Waals surface area contributed by atoms with Crippen LogP contribution in [0.1, 0.15) is 29.5 Å².